The average Bonchev–Trinajstić information content (AvgIpc) is 2.99. The van der Waals surface area contributed by atoms with Crippen LogP contribution in [0.25, 0.3) is 5.57 Å². The van der Waals surface area contributed by atoms with Crippen molar-refractivity contribution < 1.29 is 0 Å². The summed E-state index contributed by atoms with van der Waals surface area (Å²) >= 11 is 7.62. The van der Waals surface area contributed by atoms with Gasteiger partial charge in [-0.05, 0) is 65.8 Å². The Kier molecular flexibility index (Phi) is 4.68. The zero-order chi connectivity index (χ0) is 20.2. The largest absolute Gasteiger partial charge is 0.0842 e. The van der Waals surface area contributed by atoms with E-state index in [4.69, 9.17) is 0 Å². The Morgan fingerprint density at radius 3 is 2.00 bits per heavy atom. The molecule has 0 nitrogen and oxygen atoms in total. The normalized spacial score (nSPS) is 19.2. The fourth-order valence-corrected chi connectivity index (χ4v) is 5.78. The molecule has 3 aromatic carbocycles. The predicted molar refractivity (Wildman–Crippen MR) is 130 cm³/mol. The van der Waals surface area contributed by atoms with Crippen LogP contribution in [0.2, 0.25) is 0 Å². The lowest BCUT2D eigenvalue weighted by Crippen LogP contribution is -2.31. The zero-order valence-corrected chi connectivity index (χ0v) is 19.7. The third-order valence-corrected chi connectivity index (χ3v) is 7.42. The fraction of sp³-hybridized carbons (Fsp3) is 0.185. The SMILES string of the molecule is Cc1ccc(C2(c3ccc(C)cc3)C3=C(C=CC(Br)C3)c3ccc(Br)cc32)cc1. The van der Waals surface area contributed by atoms with Crippen molar-refractivity contribution in [1.82, 2.24) is 0 Å². The Labute approximate surface area is 189 Å². The maximum Gasteiger partial charge on any atom is 0.0677 e. The minimum atomic E-state index is -0.271. The van der Waals surface area contributed by atoms with Gasteiger partial charge in [-0.25, -0.2) is 0 Å². The molecule has 0 N–H and O–H groups in total. The summed E-state index contributed by atoms with van der Waals surface area (Å²) in [7, 11) is 0. The molecule has 2 aliphatic rings. The van der Waals surface area contributed by atoms with E-state index in [-0.39, 0.29) is 5.41 Å². The Balaban J connectivity index is 1.92. The number of alkyl halides is 1. The van der Waals surface area contributed by atoms with Crippen molar-refractivity contribution in [3.63, 3.8) is 0 Å². The monoisotopic (exact) mass is 504 g/mol. The molecule has 0 fully saturated rings. The quantitative estimate of drug-likeness (QED) is 0.310. The van der Waals surface area contributed by atoms with Crippen molar-refractivity contribution in [3.05, 3.63) is 122 Å². The molecule has 29 heavy (non-hydrogen) atoms. The lowest BCUT2D eigenvalue weighted by atomic mass is 9.65. The summed E-state index contributed by atoms with van der Waals surface area (Å²) < 4.78 is 1.12. The minimum absolute atomic E-state index is 0.271. The van der Waals surface area contributed by atoms with Gasteiger partial charge in [-0.1, -0.05) is 110 Å². The maximum atomic E-state index is 3.87. The number of hydrogen-bond donors (Lipinski definition) is 0. The highest BCUT2D eigenvalue weighted by molar-refractivity contribution is 9.10. The number of fused-ring (bicyclic) bond motifs is 2. The van der Waals surface area contributed by atoms with Gasteiger partial charge in [0.25, 0.3) is 0 Å². The highest BCUT2D eigenvalue weighted by Gasteiger charge is 2.48. The Morgan fingerprint density at radius 1 is 0.828 bits per heavy atom. The summed E-state index contributed by atoms with van der Waals surface area (Å²) in [5, 5.41) is 0. The summed E-state index contributed by atoms with van der Waals surface area (Å²) in [5.41, 5.74) is 10.6. The number of aryl methyl sites for hydroxylation is 2. The van der Waals surface area contributed by atoms with E-state index in [2.05, 4.69) is 125 Å². The summed E-state index contributed by atoms with van der Waals surface area (Å²) in [4.78, 5) is 0.356. The van der Waals surface area contributed by atoms with Crippen LogP contribution in [0.1, 0.15) is 39.8 Å². The minimum Gasteiger partial charge on any atom is -0.0842 e. The second-order valence-electron chi connectivity index (χ2n) is 8.14. The Hall–Kier alpha value is -1.90. The number of halogens is 2. The molecule has 2 heteroatoms. The van der Waals surface area contributed by atoms with E-state index in [0.29, 0.717) is 4.83 Å². The average molecular weight is 506 g/mol. The summed E-state index contributed by atoms with van der Waals surface area (Å²) in [6.07, 6.45) is 5.60. The van der Waals surface area contributed by atoms with Gasteiger partial charge in [0.2, 0.25) is 0 Å². The second kappa shape index (κ2) is 7.11. The fourth-order valence-electron chi connectivity index (χ4n) is 4.94. The molecule has 2 aliphatic carbocycles. The number of rotatable bonds is 2. The van der Waals surface area contributed by atoms with Crippen molar-refractivity contribution in [2.75, 3.05) is 0 Å². The molecule has 0 amide bonds. The zero-order valence-electron chi connectivity index (χ0n) is 16.5. The highest BCUT2D eigenvalue weighted by Crippen LogP contribution is 2.58. The van der Waals surface area contributed by atoms with Crippen molar-refractivity contribution in [1.29, 1.82) is 0 Å². The van der Waals surface area contributed by atoms with Gasteiger partial charge in [0.1, 0.15) is 0 Å². The predicted octanol–water partition coefficient (Wildman–Crippen LogP) is 7.89. The van der Waals surface area contributed by atoms with Crippen LogP contribution < -0.4 is 0 Å². The van der Waals surface area contributed by atoms with Gasteiger partial charge in [0.15, 0.2) is 0 Å². The summed E-state index contributed by atoms with van der Waals surface area (Å²) in [6, 6.07) is 25.0. The molecule has 1 atom stereocenters. The number of allylic oxidation sites excluding steroid dienone is 4. The first-order valence-electron chi connectivity index (χ1n) is 10.0. The van der Waals surface area contributed by atoms with Crippen LogP contribution in [0.4, 0.5) is 0 Å². The summed E-state index contributed by atoms with van der Waals surface area (Å²) in [5.74, 6) is 0. The molecule has 0 aromatic heterocycles. The molecule has 0 bridgehead atoms. The smallest absolute Gasteiger partial charge is 0.0677 e. The lowest BCUT2D eigenvalue weighted by Gasteiger charge is -2.37. The molecule has 0 spiro atoms. The molecule has 1 unspecified atom stereocenters. The number of hydrogen-bond acceptors (Lipinski definition) is 0. The van der Waals surface area contributed by atoms with Crippen LogP contribution in [-0.4, -0.2) is 4.83 Å². The van der Waals surface area contributed by atoms with E-state index >= 15 is 0 Å². The topological polar surface area (TPSA) is 0 Å². The molecule has 0 radical (unpaired) electrons. The molecule has 0 saturated carbocycles. The van der Waals surface area contributed by atoms with Gasteiger partial charge in [-0.3, -0.25) is 0 Å². The van der Waals surface area contributed by atoms with Gasteiger partial charge in [-0.15, -0.1) is 0 Å². The van der Waals surface area contributed by atoms with Crippen LogP contribution in [0, 0.1) is 13.8 Å². The van der Waals surface area contributed by atoms with Crippen LogP contribution in [-0.2, 0) is 5.41 Å². The molecular weight excluding hydrogens is 484 g/mol. The Bertz CT molecular complexity index is 1100. The first-order chi connectivity index (χ1) is 14.0. The third-order valence-electron chi connectivity index (χ3n) is 6.29. The van der Waals surface area contributed by atoms with E-state index < -0.39 is 0 Å². The standard InChI is InChI=1S/C27H22Br2/c1-17-3-7-19(8-4-17)27(20-9-5-18(2)6-10-20)25-15-21(28)11-13-23(25)24-14-12-22(29)16-26(24)27/h3-15,22H,16H2,1-2H3. The van der Waals surface area contributed by atoms with Crippen LogP contribution in [0.5, 0.6) is 0 Å². The van der Waals surface area contributed by atoms with Crippen LogP contribution in [0.15, 0.2) is 88.9 Å². The van der Waals surface area contributed by atoms with Gasteiger partial charge in [0, 0.05) is 9.30 Å². The molecule has 144 valence electrons. The molecule has 5 rings (SSSR count). The van der Waals surface area contributed by atoms with Gasteiger partial charge in [0.05, 0.1) is 5.41 Å². The lowest BCUT2D eigenvalue weighted by molar-refractivity contribution is 0.701. The van der Waals surface area contributed by atoms with E-state index in [9.17, 15) is 0 Å². The van der Waals surface area contributed by atoms with Crippen molar-refractivity contribution in [2.24, 2.45) is 0 Å². The van der Waals surface area contributed by atoms with E-state index in [0.717, 1.165) is 10.9 Å². The van der Waals surface area contributed by atoms with E-state index in [1.54, 1.807) is 0 Å². The van der Waals surface area contributed by atoms with Crippen molar-refractivity contribution >= 4 is 37.4 Å². The molecular formula is C27H22Br2. The maximum absolute atomic E-state index is 3.87. The first-order valence-corrected chi connectivity index (χ1v) is 11.7. The highest BCUT2D eigenvalue weighted by atomic mass is 79.9. The molecule has 0 heterocycles. The molecule has 0 aliphatic heterocycles. The Morgan fingerprint density at radius 2 is 1.41 bits per heavy atom. The van der Waals surface area contributed by atoms with Gasteiger partial charge in [-0.2, -0.15) is 0 Å². The van der Waals surface area contributed by atoms with Gasteiger partial charge >= 0.3 is 0 Å². The third kappa shape index (κ3) is 2.92. The van der Waals surface area contributed by atoms with Crippen molar-refractivity contribution in [2.45, 2.75) is 30.5 Å². The first kappa shape index (κ1) is 19.1. The van der Waals surface area contributed by atoms with E-state index in [1.807, 2.05) is 0 Å². The number of benzene rings is 3. The molecule has 0 saturated heterocycles. The van der Waals surface area contributed by atoms with E-state index in [1.165, 1.54) is 44.5 Å². The second-order valence-corrected chi connectivity index (χ2v) is 10.2. The van der Waals surface area contributed by atoms with Crippen molar-refractivity contribution in [3.8, 4) is 0 Å². The van der Waals surface area contributed by atoms with Crippen LogP contribution >= 0.6 is 31.9 Å². The van der Waals surface area contributed by atoms with Gasteiger partial charge < -0.3 is 0 Å². The summed E-state index contributed by atoms with van der Waals surface area (Å²) in [6.45, 7) is 4.31. The van der Waals surface area contributed by atoms with Crippen LogP contribution in [0.3, 0.4) is 0 Å². The molecule has 3 aromatic rings.